The second-order valence-corrected chi connectivity index (χ2v) is 7.70. The quantitative estimate of drug-likeness (QED) is 0.419. The lowest BCUT2D eigenvalue weighted by Gasteiger charge is -2.09. The number of hydrogen-bond donors (Lipinski definition) is 1. The molecular formula is C26H24FN3O3. The minimum absolute atomic E-state index is 0.0803. The average Bonchev–Trinajstić information content (AvgIpc) is 2.84. The molecule has 4 rings (SSSR count). The molecule has 0 saturated heterocycles. The Labute approximate surface area is 190 Å². The number of hydrogen-bond acceptors (Lipinski definition) is 4. The highest BCUT2D eigenvalue weighted by atomic mass is 19.1. The fourth-order valence-electron chi connectivity index (χ4n) is 3.46. The van der Waals surface area contributed by atoms with Gasteiger partial charge >= 0.3 is 0 Å². The minimum atomic E-state index is -0.289. The SMILES string of the molecule is O=C(CCCn1cnc2ccccc2c1=O)NCc1ccc(OCc2cccc(F)c2)cc1. The zero-order valence-corrected chi connectivity index (χ0v) is 18.0. The number of amides is 1. The predicted octanol–water partition coefficient (Wildman–Crippen LogP) is 4.21. The predicted molar refractivity (Wildman–Crippen MR) is 124 cm³/mol. The molecule has 4 aromatic rings. The van der Waals surface area contributed by atoms with Crippen LogP contribution in [0.4, 0.5) is 4.39 Å². The monoisotopic (exact) mass is 445 g/mol. The number of para-hydroxylation sites is 1. The van der Waals surface area contributed by atoms with E-state index in [2.05, 4.69) is 10.3 Å². The smallest absolute Gasteiger partial charge is 0.261 e. The number of rotatable bonds is 9. The summed E-state index contributed by atoms with van der Waals surface area (Å²) in [5.74, 6) is 0.301. The highest BCUT2D eigenvalue weighted by Gasteiger charge is 2.06. The Hall–Kier alpha value is -4.00. The van der Waals surface area contributed by atoms with E-state index >= 15 is 0 Å². The van der Waals surface area contributed by atoms with Gasteiger partial charge in [-0.05, 0) is 53.9 Å². The van der Waals surface area contributed by atoms with Crippen LogP contribution in [0.1, 0.15) is 24.0 Å². The fraction of sp³-hybridized carbons (Fsp3) is 0.192. The van der Waals surface area contributed by atoms with Gasteiger partial charge in [-0.2, -0.15) is 0 Å². The summed E-state index contributed by atoms with van der Waals surface area (Å²) in [5.41, 5.74) is 2.27. The van der Waals surface area contributed by atoms with Crippen LogP contribution in [0.15, 0.2) is 83.9 Å². The standard InChI is InChI=1S/C26H24FN3O3/c27-21-6-3-5-20(15-21)17-33-22-12-10-19(11-13-22)16-28-25(31)9-4-14-30-18-29-24-8-2-1-7-23(24)26(30)32/h1-3,5-8,10-13,15,18H,4,9,14,16-17H2,(H,28,31). The lowest BCUT2D eigenvalue weighted by Crippen LogP contribution is -2.24. The maximum Gasteiger partial charge on any atom is 0.261 e. The maximum atomic E-state index is 13.2. The molecule has 6 nitrogen and oxygen atoms in total. The van der Waals surface area contributed by atoms with E-state index in [0.29, 0.717) is 42.6 Å². The summed E-state index contributed by atoms with van der Waals surface area (Å²) in [6.07, 6.45) is 2.38. The van der Waals surface area contributed by atoms with Crippen molar-refractivity contribution in [3.05, 3.63) is 106 Å². The van der Waals surface area contributed by atoms with Crippen molar-refractivity contribution in [2.75, 3.05) is 0 Å². The van der Waals surface area contributed by atoms with Crippen LogP contribution in [0, 0.1) is 5.82 Å². The summed E-state index contributed by atoms with van der Waals surface area (Å²) < 4.78 is 20.4. The average molecular weight is 445 g/mol. The first-order valence-corrected chi connectivity index (χ1v) is 10.8. The van der Waals surface area contributed by atoms with Crippen molar-refractivity contribution in [2.45, 2.75) is 32.5 Å². The van der Waals surface area contributed by atoms with Gasteiger partial charge in [0, 0.05) is 19.5 Å². The number of benzene rings is 3. The van der Waals surface area contributed by atoms with E-state index in [1.54, 1.807) is 24.3 Å². The normalized spacial score (nSPS) is 10.8. The van der Waals surface area contributed by atoms with E-state index < -0.39 is 0 Å². The van der Waals surface area contributed by atoms with Gasteiger partial charge < -0.3 is 10.1 Å². The second-order valence-electron chi connectivity index (χ2n) is 7.70. The number of ether oxygens (including phenoxy) is 1. The van der Waals surface area contributed by atoms with Crippen molar-refractivity contribution in [3.63, 3.8) is 0 Å². The molecule has 0 bridgehead atoms. The Morgan fingerprint density at radius 1 is 1.00 bits per heavy atom. The van der Waals surface area contributed by atoms with Crippen LogP contribution in [-0.4, -0.2) is 15.5 Å². The number of fused-ring (bicyclic) bond motifs is 1. The van der Waals surface area contributed by atoms with Gasteiger partial charge in [0.05, 0.1) is 17.2 Å². The first-order valence-electron chi connectivity index (χ1n) is 10.8. The molecule has 0 unspecified atom stereocenters. The molecule has 1 N–H and O–H groups in total. The number of aryl methyl sites for hydroxylation is 1. The van der Waals surface area contributed by atoms with Crippen molar-refractivity contribution < 1.29 is 13.9 Å². The lowest BCUT2D eigenvalue weighted by molar-refractivity contribution is -0.121. The van der Waals surface area contributed by atoms with E-state index in [9.17, 15) is 14.0 Å². The third-order valence-electron chi connectivity index (χ3n) is 5.24. The fourth-order valence-corrected chi connectivity index (χ4v) is 3.46. The molecule has 0 atom stereocenters. The molecule has 0 saturated carbocycles. The molecule has 0 radical (unpaired) electrons. The number of carbonyl (C=O) groups excluding carboxylic acids is 1. The Morgan fingerprint density at radius 3 is 2.64 bits per heavy atom. The van der Waals surface area contributed by atoms with Gasteiger partial charge in [0.1, 0.15) is 18.2 Å². The van der Waals surface area contributed by atoms with Gasteiger partial charge in [-0.3, -0.25) is 14.2 Å². The van der Waals surface area contributed by atoms with E-state index in [1.165, 1.54) is 23.0 Å². The highest BCUT2D eigenvalue weighted by Crippen LogP contribution is 2.15. The van der Waals surface area contributed by atoms with Crippen molar-refractivity contribution in [3.8, 4) is 5.75 Å². The third kappa shape index (κ3) is 6.04. The first-order chi connectivity index (χ1) is 16.1. The van der Waals surface area contributed by atoms with Gasteiger partial charge in [0.2, 0.25) is 5.91 Å². The zero-order chi connectivity index (χ0) is 23.0. The summed E-state index contributed by atoms with van der Waals surface area (Å²) >= 11 is 0. The molecule has 7 heteroatoms. The Morgan fingerprint density at radius 2 is 1.82 bits per heavy atom. The number of halogens is 1. The van der Waals surface area contributed by atoms with Gasteiger partial charge in [0.15, 0.2) is 0 Å². The third-order valence-corrected chi connectivity index (χ3v) is 5.24. The molecule has 33 heavy (non-hydrogen) atoms. The summed E-state index contributed by atoms with van der Waals surface area (Å²) in [6.45, 7) is 1.12. The summed E-state index contributed by atoms with van der Waals surface area (Å²) in [5, 5.41) is 3.47. The van der Waals surface area contributed by atoms with Crippen LogP contribution < -0.4 is 15.6 Å². The molecule has 0 fully saturated rings. The van der Waals surface area contributed by atoms with Crippen molar-refractivity contribution >= 4 is 16.8 Å². The minimum Gasteiger partial charge on any atom is -0.489 e. The van der Waals surface area contributed by atoms with E-state index in [1.807, 2.05) is 36.4 Å². The molecule has 1 heterocycles. The molecule has 1 amide bonds. The molecule has 1 aromatic heterocycles. The molecule has 168 valence electrons. The van der Waals surface area contributed by atoms with Crippen molar-refractivity contribution in [2.24, 2.45) is 0 Å². The van der Waals surface area contributed by atoms with Crippen LogP contribution in [0.5, 0.6) is 5.75 Å². The van der Waals surface area contributed by atoms with E-state index in [-0.39, 0.29) is 23.9 Å². The Balaban J connectivity index is 1.20. The summed E-state index contributed by atoms with van der Waals surface area (Å²) in [6, 6.07) is 20.9. The zero-order valence-electron chi connectivity index (χ0n) is 18.0. The molecule has 3 aromatic carbocycles. The first kappa shape index (κ1) is 22.2. The van der Waals surface area contributed by atoms with Gasteiger partial charge in [-0.25, -0.2) is 9.37 Å². The van der Waals surface area contributed by atoms with Gasteiger partial charge in [0.25, 0.3) is 5.56 Å². The van der Waals surface area contributed by atoms with Crippen LogP contribution in [0.25, 0.3) is 10.9 Å². The lowest BCUT2D eigenvalue weighted by atomic mass is 10.2. The topological polar surface area (TPSA) is 73.2 Å². The summed E-state index contributed by atoms with van der Waals surface area (Å²) in [4.78, 5) is 29.0. The molecule has 0 aliphatic heterocycles. The van der Waals surface area contributed by atoms with Crippen molar-refractivity contribution in [1.29, 1.82) is 0 Å². The van der Waals surface area contributed by atoms with Crippen LogP contribution >= 0.6 is 0 Å². The van der Waals surface area contributed by atoms with Gasteiger partial charge in [-0.1, -0.05) is 36.4 Å². The molecule has 0 aliphatic carbocycles. The van der Waals surface area contributed by atoms with E-state index in [4.69, 9.17) is 4.74 Å². The largest absolute Gasteiger partial charge is 0.489 e. The Kier molecular flexibility index (Phi) is 7.09. The molecular weight excluding hydrogens is 421 g/mol. The number of carbonyl (C=O) groups is 1. The number of nitrogens with one attached hydrogen (secondary N) is 1. The van der Waals surface area contributed by atoms with E-state index in [0.717, 1.165) is 11.1 Å². The van der Waals surface area contributed by atoms with Gasteiger partial charge in [-0.15, -0.1) is 0 Å². The van der Waals surface area contributed by atoms with Crippen LogP contribution in [-0.2, 0) is 24.5 Å². The second kappa shape index (κ2) is 10.5. The van der Waals surface area contributed by atoms with Crippen molar-refractivity contribution in [1.82, 2.24) is 14.9 Å². The summed E-state index contributed by atoms with van der Waals surface area (Å²) in [7, 11) is 0. The number of aromatic nitrogens is 2. The highest BCUT2D eigenvalue weighted by molar-refractivity contribution is 5.77. The van der Waals surface area contributed by atoms with Crippen LogP contribution in [0.3, 0.4) is 0 Å². The number of nitrogens with zero attached hydrogens (tertiary/aromatic N) is 2. The maximum absolute atomic E-state index is 13.2. The Bertz CT molecular complexity index is 1300. The molecule has 0 spiro atoms. The molecule has 0 aliphatic rings. The van der Waals surface area contributed by atoms with Crippen LogP contribution in [0.2, 0.25) is 0 Å².